The van der Waals surface area contributed by atoms with Crippen LogP contribution < -0.4 is 14.8 Å². The van der Waals surface area contributed by atoms with Crippen LogP contribution >= 0.6 is 0 Å². The summed E-state index contributed by atoms with van der Waals surface area (Å²) in [5, 5.41) is 3.42. The van der Waals surface area contributed by atoms with Crippen molar-refractivity contribution < 1.29 is 14.2 Å². The molecule has 1 aromatic carbocycles. The third kappa shape index (κ3) is 2.53. The van der Waals surface area contributed by atoms with Crippen molar-refractivity contribution in [3.05, 3.63) is 23.3 Å². The molecule has 1 aliphatic rings. The van der Waals surface area contributed by atoms with E-state index in [-0.39, 0.29) is 6.04 Å². The lowest BCUT2D eigenvalue weighted by molar-refractivity contribution is 0.0752. The Morgan fingerprint density at radius 3 is 2.35 bits per heavy atom. The first kappa shape index (κ1) is 12.2. The summed E-state index contributed by atoms with van der Waals surface area (Å²) in [5.74, 6) is 1.70. The topological polar surface area (TPSA) is 39.7 Å². The van der Waals surface area contributed by atoms with E-state index in [2.05, 4.69) is 5.32 Å². The summed E-state index contributed by atoms with van der Waals surface area (Å²) in [6.45, 7) is 4.28. The van der Waals surface area contributed by atoms with Gasteiger partial charge in [0.1, 0.15) is 11.5 Å². The fourth-order valence-corrected chi connectivity index (χ4v) is 2.16. The van der Waals surface area contributed by atoms with Crippen molar-refractivity contribution in [1.29, 1.82) is 0 Å². The highest BCUT2D eigenvalue weighted by atomic mass is 16.5. The monoisotopic (exact) mass is 237 g/mol. The van der Waals surface area contributed by atoms with Crippen molar-refractivity contribution in [3.63, 3.8) is 0 Å². The fourth-order valence-electron chi connectivity index (χ4n) is 2.16. The Labute approximate surface area is 102 Å². The lowest BCUT2D eigenvalue weighted by Gasteiger charge is -2.27. The summed E-state index contributed by atoms with van der Waals surface area (Å²) in [5.41, 5.74) is 2.17. The number of ether oxygens (including phenoxy) is 3. The summed E-state index contributed by atoms with van der Waals surface area (Å²) in [4.78, 5) is 0. The predicted octanol–water partition coefficient (Wildman–Crippen LogP) is 1.67. The van der Waals surface area contributed by atoms with Crippen molar-refractivity contribution in [2.45, 2.75) is 13.0 Å². The predicted molar refractivity (Wildman–Crippen MR) is 65.8 cm³/mol. The molecule has 1 atom stereocenters. The summed E-state index contributed by atoms with van der Waals surface area (Å²) in [6.07, 6.45) is 0. The molecule has 4 nitrogen and oxygen atoms in total. The van der Waals surface area contributed by atoms with Crippen LogP contribution in [0.3, 0.4) is 0 Å². The number of nitrogens with one attached hydrogen (secondary N) is 1. The van der Waals surface area contributed by atoms with Crippen molar-refractivity contribution >= 4 is 0 Å². The number of benzene rings is 1. The quantitative estimate of drug-likeness (QED) is 0.868. The standard InChI is InChI=1S/C13H19NO3/c1-9-6-11(15-2)13(12(7-9)16-3)10-8-17-5-4-14-10/h6-7,10,14H,4-5,8H2,1-3H3/t10-/m1/s1. The molecule has 1 aliphatic heterocycles. The van der Waals surface area contributed by atoms with Gasteiger partial charge in [-0.2, -0.15) is 0 Å². The van der Waals surface area contributed by atoms with E-state index in [0.29, 0.717) is 6.61 Å². The van der Waals surface area contributed by atoms with Crippen LogP contribution in [-0.4, -0.2) is 34.0 Å². The highest BCUT2D eigenvalue weighted by Gasteiger charge is 2.23. The smallest absolute Gasteiger partial charge is 0.127 e. The minimum Gasteiger partial charge on any atom is -0.496 e. The summed E-state index contributed by atoms with van der Waals surface area (Å²) in [7, 11) is 3.36. The van der Waals surface area contributed by atoms with Gasteiger partial charge in [-0.05, 0) is 24.6 Å². The molecule has 0 saturated carbocycles. The minimum atomic E-state index is 0.134. The van der Waals surface area contributed by atoms with E-state index in [9.17, 15) is 0 Å². The zero-order chi connectivity index (χ0) is 12.3. The number of morpholine rings is 1. The maximum absolute atomic E-state index is 5.49. The molecule has 0 radical (unpaired) electrons. The van der Waals surface area contributed by atoms with Gasteiger partial charge in [0, 0.05) is 6.54 Å². The highest BCUT2D eigenvalue weighted by Crippen LogP contribution is 2.36. The Bertz CT molecular complexity index is 361. The molecule has 2 rings (SSSR count). The third-order valence-electron chi connectivity index (χ3n) is 2.96. The van der Waals surface area contributed by atoms with Gasteiger partial charge in [-0.25, -0.2) is 0 Å². The zero-order valence-electron chi connectivity index (χ0n) is 10.6. The van der Waals surface area contributed by atoms with Crippen LogP contribution in [0.1, 0.15) is 17.2 Å². The normalized spacial score (nSPS) is 20.1. The second kappa shape index (κ2) is 5.38. The molecule has 0 aromatic heterocycles. The Hall–Kier alpha value is -1.26. The molecule has 1 heterocycles. The number of methoxy groups -OCH3 is 2. The van der Waals surface area contributed by atoms with Gasteiger partial charge in [-0.1, -0.05) is 0 Å². The SMILES string of the molecule is COc1cc(C)cc(OC)c1[C@H]1COCCN1. The summed E-state index contributed by atoms with van der Waals surface area (Å²) >= 11 is 0. The second-order valence-electron chi connectivity index (χ2n) is 4.16. The summed E-state index contributed by atoms with van der Waals surface area (Å²) in [6, 6.07) is 4.18. The van der Waals surface area contributed by atoms with Gasteiger partial charge in [0.05, 0.1) is 39.0 Å². The molecule has 1 aromatic rings. The highest BCUT2D eigenvalue weighted by molar-refractivity contribution is 5.50. The van der Waals surface area contributed by atoms with Gasteiger partial charge < -0.3 is 19.5 Å². The number of rotatable bonds is 3. The van der Waals surface area contributed by atoms with Crippen molar-refractivity contribution in [1.82, 2.24) is 5.32 Å². The second-order valence-corrected chi connectivity index (χ2v) is 4.16. The van der Waals surface area contributed by atoms with Crippen LogP contribution in [0, 0.1) is 6.92 Å². The van der Waals surface area contributed by atoms with Gasteiger partial charge in [0.25, 0.3) is 0 Å². The third-order valence-corrected chi connectivity index (χ3v) is 2.96. The first-order valence-corrected chi connectivity index (χ1v) is 5.80. The van der Waals surface area contributed by atoms with Crippen LogP contribution in [0.2, 0.25) is 0 Å². The molecule has 1 saturated heterocycles. The van der Waals surface area contributed by atoms with Crippen LogP contribution in [0.4, 0.5) is 0 Å². The van der Waals surface area contributed by atoms with Crippen LogP contribution in [0.25, 0.3) is 0 Å². The molecular weight excluding hydrogens is 218 g/mol. The van der Waals surface area contributed by atoms with Gasteiger partial charge in [-0.3, -0.25) is 0 Å². The maximum atomic E-state index is 5.49. The maximum Gasteiger partial charge on any atom is 0.127 e. The number of hydrogen-bond donors (Lipinski definition) is 1. The van der Waals surface area contributed by atoms with Gasteiger partial charge in [0.15, 0.2) is 0 Å². The Balaban J connectivity index is 2.41. The van der Waals surface area contributed by atoms with Gasteiger partial charge in [0.2, 0.25) is 0 Å². The van der Waals surface area contributed by atoms with E-state index in [1.54, 1.807) is 14.2 Å². The lowest BCUT2D eigenvalue weighted by Crippen LogP contribution is -2.35. The van der Waals surface area contributed by atoms with E-state index in [0.717, 1.165) is 35.8 Å². The van der Waals surface area contributed by atoms with E-state index in [1.807, 2.05) is 19.1 Å². The molecule has 1 N–H and O–H groups in total. The van der Waals surface area contributed by atoms with Crippen LogP contribution in [0.5, 0.6) is 11.5 Å². The van der Waals surface area contributed by atoms with Crippen molar-refractivity contribution in [2.24, 2.45) is 0 Å². The average Bonchev–Trinajstić information content (AvgIpc) is 2.38. The molecule has 17 heavy (non-hydrogen) atoms. The van der Waals surface area contributed by atoms with E-state index in [1.165, 1.54) is 0 Å². The molecule has 0 amide bonds. The Kier molecular flexibility index (Phi) is 3.86. The lowest BCUT2D eigenvalue weighted by atomic mass is 10.0. The largest absolute Gasteiger partial charge is 0.496 e. The van der Waals surface area contributed by atoms with E-state index >= 15 is 0 Å². The Morgan fingerprint density at radius 2 is 1.88 bits per heavy atom. The average molecular weight is 237 g/mol. The van der Waals surface area contributed by atoms with E-state index < -0.39 is 0 Å². The van der Waals surface area contributed by atoms with Crippen molar-refractivity contribution in [2.75, 3.05) is 34.0 Å². The molecule has 4 heteroatoms. The molecule has 1 fully saturated rings. The zero-order valence-corrected chi connectivity index (χ0v) is 10.6. The Morgan fingerprint density at radius 1 is 1.24 bits per heavy atom. The molecule has 0 bridgehead atoms. The number of aryl methyl sites for hydroxylation is 1. The number of hydrogen-bond acceptors (Lipinski definition) is 4. The van der Waals surface area contributed by atoms with E-state index in [4.69, 9.17) is 14.2 Å². The molecule has 94 valence electrons. The molecular formula is C13H19NO3. The minimum absolute atomic E-state index is 0.134. The van der Waals surface area contributed by atoms with Gasteiger partial charge >= 0.3 is 0 Å². The van der Waals surface area contributed by atoms with Crippen molar-refractivity contribution in [3.8, 4) is 11.5 Å². The molecule has 0 unspecified atom stereocenters. The molecule has 0 aliphatic carbocycles. The first-order chi connectivity index (χ1) is 8.26. The fraction of sp³-hybridized carbons (Fsp3) is 0.538. The van der Waals surface area contributed by atoms with Crippen LogP contribution in [0.15, 0.2) is 12.1 Å². The van der Waals surface area contributed by atoms with Gasteiger partial charge in [-0.15, -0.1) is 0 Å². The first-order valence-electron chi connectivity index (χ1n) is 5.80. The summed E-state index contributed by atoms with van der Waals surface area (Å²) < 4.78 is 16.4. The van der Waals surface area contributed by atoms with Crippen LogP contribution in [-0.2, 0) is 4.74 Å². The molecule has 0 spiro atoms.